The predicted molar refractivity (Wildman–Crippen MR) is 91.4 cm³/mol. The zero-order valence-corrected chi connectivity index (χ0v) is 14.5. The number of hydrogen-bond donors (Lipinski definition) is 1. The van der Waals surface area contributed by atoms with Gasteiger partial charge in [0.05, 0.1) is 6.20 Å². The molecule has 0 saturated heterocycles. The van der Waals surface area contributed by atoms with Gasteiger partial charge in [-0.25, -0.2) is 0 Å². The van der Waals surface area contributed by atoms with Gasteiger partial charge in [0.2, 0.25) is 0 Å². The summed E-state index contributed by atoms with van der Waals surface area (Å²) in [4.78, 5) is 2.25. The molecule has 1 atom stereocenters. The van der Waals surface area contributed by atoms with Gasteiger partial charge in [0.15, 0.2) is 0 Å². The maximum Gasteiger partial charge on any atom is 0.0539 e. The van der Waals surface area contributed by atoms with Crippen LogP contribution >= 0.6 is 15.9 Å². The van der Waals surface area contributed by atoms with Gasteiger partial charge in [-0.1, -0.05) is 22.9 Å². The summed E-state index contributed by atoms with van der Waals surface area (Å²) in [7, 11) is 4.05. The molecule has 2 N–H and O–H groups in total. The molecule has 0 aliphatic carbocycles. The molecule has 0 aliphatic rings. The van der Waals surface area contributed by atoms with Gasteiger partial charge in [0.1, 0.15) is 0 Å². The molecule has 0 fully saturated rings. The smallest absolute Gasteiger partial charge is 0.0539 e. The van der Waals surface area contributed by atoms with Gasteiger partial charge in [-0.3, -0.25) is 4.68 Å². The van der Waals surface area contributed by atoms with Crippen LogP contribution < -0.4 is 10.6 Å². The Morgan fingerprint density at radius 2 is 2.19 bits per heavy atom. The summed E-state index contributed by atoms with van der Waals surface area (Å²) >= 11 is 3.55. The Kier molecular flexibility index (Phi) is 5.42. The van der Waals surface area contributed by atoms with E-state index >= 15 is 0 Å². The predicted octanol–water partition coefficient (Wildman–Crippen LogP) is 3.10. The first kappa shape index (κ1) is 16.0. The summed E-state index contributed by atoms with van der Waals surface area (Å²) in [6, 6.07) is 6.60. The van der Waals surface area contributed by atoms with Crippen LogP contribution in [0.15, 0.2) is 35.1 Å². The van der Waals surface area contributed by atoms with Crippen LogP contribution in [-0.2, 0) is 20.0 Å². The zero-order chi connectivity index (χ0) is 15.4. The molecule has 1 aromatic heterocycles. The number of rotatable bonds is 6. The van der Waals surface area contributed by atoms with E-state index in [2.05, 4.69) is 58.1 Å². The average molecular weight is 351 g/mol. The molecule has 0 amide bonds. The lowest BCUT2D eigenvalue weighted by Gasteiger charge is -2.23. The van der Waals surface area contributed by atoms with Crippen LogP contribution in [0.2, 0.25) is 0 Å². The standard InChI is InChI=1S/C16H23BrN4/c1-4-15(18)8-13-7-14(17)5-6-16(13)20(2)10-12-9-19-21(3)11-12/h5-7,9,11,15H,4,8,10,18H2,1-3H3. The van der Waals surface area contributed by atoms with Gasteiger partial charge < -0.3 is 10.6 Å². The number of aromatic nitrogens is 2. The summed E-state index contributed by atoms with van der Waals surface area (Å²) in [5, 5.41) is 4.22. The second-order valence-electron chi connectivity index (χ2n) is 5.52. The minimum atomic E-state index is 0.199. The van der Waals surface area contributed by atoms with Crippen molar-refractivity contribution >= 4 is 21.6 Å². The second-order valence-corrected chi connectivity index (χ2v) is 6.44. The highest BCUT2D eigenvalue weighted by atomic mass is 79.9. The Morgan fingerprint density at radius 1 is 1.43 bits per heavy atom. The van der Waals surface area contributed by atoms with E-state index in [-0.39, 0.29) is 6.04 Å². The summed E-state index contributed by atoms with van der Waals surface area (Å²) < 4.78 is 2.93. The largest absolute Gasteiger partial charge is 0.370 e. The van der Waals surface area contributed by atoms with Gasteiger partial charge in [-0.2, -0.15) is 5.10 Å². The Balaban J connectivity index is 2.20. The highest BCUT2D eigenvalue weighted by Gasteiger charge is 2.12. The van der Waals surface area contributed by atoms with Gasteiger partial charge in [-0.15, -0.1) is 0 Å². The molecule has 0 spiro atoms. The van der Waals surface area contributed by atoms with Crippen LogP contribution in [-0.4, -0.2) is 22.9 Å². The van der Waals surface area contributed by atoms with Crippen molar-refractivity contribution in [3.63, 3.8) is 0 Å². The molecular weight excluding hydrogens is 328 g/mol. The Bertz CT molecular complexity index is 594. The molecule has 0 radical (unpaired) electrons. The molecule has 2 rings (SSSR count). The highest BCUT2D eigenvalue weighted by molar-refractivity contribution is 9.10. The highest BCUT2D eigenvalue weighted by Crippen LogP contribution is 2.26. The van der Waals surface area contributed by atoms with Crippen molar-refractivity contribution in [1.29, 1.82) is 0 Å². The molecule has 1 aromatic carbocycles. The van der Waals surface area contributed by atoms with Crippen molar-refractivity contribution < 1.29 is 0 Å². The normalized spacial score (nSPS) is 12.4. The minimum absolute atomic E-state index is 0.199. The van der Waals surface area contributed by atoms with Crippen molar-refractivity contribution in [2.75, 3.05) is 11.9 Å². The fraction of sp³-hybridized carbons (Fsp3) is 0.438. The Hall–Kier alpha value is -1.33. The first-order chi connectivity index (χ1) is 9.99. The zero-order valence-electron chi connectivity index (χ0n) is 12.9. The summed E-state index contributed by atoms with van der Waals surface area (Å²) in [6.45, 7) is 2.96. The van der Waals surface area contributed by atoms with Gasteiger partial charge in [0.25, 0.3) is 0 Å². The third kappa shape index (κ3) is 4.32. The van der Waals surface area contributed by atoms with Crippen molar-refractivity contribution in [3.8, 4) is 0 Å². The van der Waals surface area contributed by atoms with Crippen LogP contribution in [0.25, 0.3) is 0 Å². The van der Waals surface area contributed by atoms with Crippen molar-refractivity contribution in [3.05, 3.63) is 46.2 Å². The Morgan fingerprint density at radius 3 is 2.81 bits per heavy atom. The molecular formula is C16H23BrN4. The molecule has 2 aromatic rings. The Labute approximate surface area is 135 Å². The summed E-state index contributed by atoms with van der Waals surface area (Å²) in [5.41, 5.74) is 9.85. The fourth-order valence-corrected chi connectivity index (χ4v) is 2.84. The average Bonchev–Trinajstić information content (AvgIpc) is 2.84. The SMILES string of the molecule is CCC(N)Cc1cc(Br)ccc1N(C)Cc1cnn(C)c1. The number of nitrogens with zero attached hydrogens (tertiary/aromatic N) is 3. The van der Waals surface area contributed by atoms with Crippen LogP contribution in [0.5, 0.6) is 0 Å². The lowest BCUT2D eigenvalue weighted by Crippen LogP contribution is -2.24. The van der Waals surface area contributed by atoms with E-state index in [0.717, 1.165) is 23.9 Å². The van der Waals surface area contributed by atoms with Crippen molar-refractivity contribution in [1.82, 2.24) is 9.78 Å². The number of aryl methyl sites for hydroxylation is 1. The lowest BCUT2D eigenvalue weighted by atomic mass is 10.0. The van der Waals surface area contributed by atoms with E-state index in [1.807, 2.05) is 24.1 Å². The molecule has 0 bridgehead atoms. The topological polar surface area (TPSA) is 47.1 Å². The summed E-state index contributed by atoms with van der Waals surface area (Å²) in [5.74, 6) is 0. The number of benzene rings is 1. The minimum Gasteiger partial charge on any atom is -0.370 e. The second kappa shape index (κ2) is 7.09. The van der Waals surface area contributed by atoms with Crippen LogP contribution in [0.1, 0.15) is 24.5 Å². The lowest BCUT2D eigenvalue weighted by molar-refractivity contribution is 0.645. The van der Waals surface area contributed by atoms with Crippen molar-refractivity contribution in [2.45, 2.75) is 32.4 Å². The quantitative estimate of drug-likeness (QED) is 0.870. The maximum atomic E-state index is 6.13. The number of anilines is 1. The first-order valence-electron chi connectivity index (χ1n) is 7.22. The number of hydrogen-bond acceptors (Lipinski definition) is 3. The van der Waals surface area contributed by atoms with Crippen molar-refractivity contribution in [2.24, 2.45) is 12.8 Å². The third-order valence-electron chi connectivity index (χ3n) is 3.64. The third-order valence-corrected chi connectivity index (χ3v) is 4.13. The maximum absolute atomic E-state index is 6.13. The van der Waals surface area contributed by atoms with E-state index in [1.54, 1.807) is 0 Å². The van der Waals surface area contributed by atoms with E-state index in [4.69, 9.17) is 5.73 Å². The van der Waals surface area contributed by atoms with Crippen LogP contribution in [0.4, 0.5) is 5.69 Å². The van der Waals surface area contributed by atoms with Gasteiger partial charge >= 0.3 is 0 Å². The monoisotopic (exact) mass is 350 g/mol. The molecule has 1 heterocycles. The van der Waals surface area contributed by atoms with E-state index < -0.39 is 0 Å². The molecule has 5 heteroatoms. The van der Waals surface area contributed by atoms with E-state index in [9.17, 15) is 0 Å². The van der Waals surface area contributed by atoms with Crippen LogP contribution in [0, 0.1) is 0 Å². The van der Waals surface area contributed by atoms with Gasteiger partial charge in [0, 0.05) is 48.6 Å². The van der Waals surface area contributed by atoms with E-state index in [1.165, 1.54) is 16.8 Å². The molecule has 0 aliphatic heterocycles. The molecule has 114 valence electrons. The van der Waals surface area contributed by atoms with E-state index in [0.29, 0.717) is 0 Å². The molecule has 4 nitrogen and oxygen atoms in total. The number of nitrogens with two attached hydrogens (primary N) is 1. The van der Waals surface area contributed by atoms with Crippen LogP contribution in [0.3, 0.4) is 0 Å². The fourth-order valence-electron chi connectivity index (χ4n) is 2.43. The summed E-state index contributed by atoms with van der Waals surface area (Å²) in [6.07, 6.45) is 5.83. The van der Waals surface area contributed by atoms with Gasteiger partial charge in [-0.05, 0) is 36.6 Å². The molecule has 21 heavy (non-hydrogen) atoms. The first-order valence-corrected chi connectivity index (χ1v) is 8.01. The molecule has 1 unspecified atom stereocenters. The molecule has 0 saturated carbocycles. The number of halogens is 1.